The number of ether oxygens (including phenoxy) is 2. The highest BCUT2D eigenvalue weighted by Crippen LogP contribution is 2.34. The number of carbonyl (C=O) groups excluding carboxylic acids is 1. The molecule has 0 aromatic heterocycles. The highest BCUT2D eigenvalue weighted by atomic mass is 16.5. The van der Waals surface area contributed by atoms with Gasteiger partial charge in [-0.25, -0.2) is 0 Å². The Kier molecular flexibility index (Phi) is 2.91. The van der Waals surface area contributed by atoms with Gasteiger partial charge in [0.2, 0.25) is 5.78 Å². The third kappa shape index (κ3) is 2.12. The normalized spacial score (nSPS) is 15.1. The zero-order valence-corrected chi connectivity index (χ0v) is 10.8. The van der Waals surface area contributed by atoms with Crippen LogP contribution in [0.2, 0.25) is 0 Å². The average molecular weight is 268 g/mol. The van der Waals surface area contributed by atoms with Crippen LogP contribution >= 0.6 is 0 Å². The van der Waals surface area contributed by atoms with Gasteiger partial charge in [0.25, 0.3) is 0 Å². The molecule has 0 saturated heterocycles. The van der Waals surface area contributed by atoms with E-state index in [1.807, 2.05) is 0 Å². The number of fused-ring (bicyclic) bond motifs is 1. The van der Waals surface area contributed by atoms with Gasteiger partial charge in [0, 0.05) is 6.07 Å². The Hall–Kier alpha value is -2.75. The van der Waals surface area contributed by atoms with Gasteiger partial charge in [-0.2, -0.15) is 0 Å². The molecule has 3 rings (SSSR count). The van der Waals surface area contributed by atoms with Crippen molar-refractivity contribution in [3.8, 4) is 17.2 Å². The molecule has 0 saturated carbocycles. The number of hydrogen-bond donors (Lipinski definition) is 1. The third-order valence-corrected chi connectivity index (χ3v) is 3.05. The number of allylic oxidation sites excluding steroid dienone is 1. The van der Waals surface area contributed by atoms with Gasteiger partial charge in [0.1, 0.15) is 17.2 Å². The molecule has 0 radical (unpaired) electrons. The van der Waals surface area contributed by atoms with E-state index in [-0.39, 0.29) is 17.3 Å². The van der Waals surface area contributed by atoms with Gasteiger partial charge in [-0.1, -0.05) is 12.1 Å². The lowest BCUT2D eigenvalue weighted by Gasteiger charge is -2.01. The highest BCUT2D eigenvalue weighted by Gasteiger charge is 2.27. The fourth-order valence-corrected chi connectivity index (χ4v) is 2.06. The van der Waals surface area contributed by atoms with E-state index in [2.05, 4.69) is 0 Å². The average Bonchev–Trinajstić information content (AvgIpc) is 2.75. The molecule has 0 atom stereocenters. The van der Waals surface area contributed by atoms with E-state index in [0.29, 0.717) is 22.6 Å². The molecule has 4 nitrogen and oxygen atoms in total. The zero-order chi connectivity index (χ0) is 14.1. The number of phenols is 1. The molecular weight excluding hydrogens is 256 g/mol. The second kappa shape index (κ2) is 4.74. The van der Waals surface area contributed by atoms with E-state index in [4.69, 9.17) is 9.47 Å². The molecule has 0 bridgehead atoms. The summed E-state index contributed by atoms with van der Waals surface area (Å²) in [7, 11) is 1.56. The number of benzene rings is 2. The maximum atomic E-state index is 12.2. The highest BCUT2D eigenvalue weighted by molar-refractivity contribution is 6.14. The summed E-state index contributed by atoms with van der Waals surface area (Å²) in [6.45, 7) is 0. The van der Waals surface area contributed by atoms with Crippen LogP contribution < -0.4 is 9.47 Å². The van der Waals surface area contributed by atoms with Gasteiger partial charge in [-0.15, -0.1) is 0 Å². The summed E-state index contributed by atoms with van der Waals surface area (Å²) in [5.41, 5.74) is 1.21. The smallest absolute Gasteiger partial charge is 0.231 e. The Bertz CT molecular complexity index is 716. The molecule has 0 spiro atoms. The number of hydrogen-bond acceptors (Lipinski definition) is 4. The summed E-state index contributed by atoms with van der Waals surface area (Å²) in [5.74, 6) is 1.32. The fraction of sp³-hybridized carbons (Fsp3) is 0.0625. The number of ketones is 1. The Morgan fingerprint density at radius 3 is 2.80 bits per heavy atom. The van der Waals surface area contributed by atoms with Crippen LogP contribution in [-0.4, -0.2) is 18.0 Å². The number of rotatable bonds is 2. The molecule has 2 aromatic rings. The summed E-state index contributed by atoms with van der Waals surface area (Å²) < 4.78 is 10.7. The van der Waals surface area contributed by atoms with Crippen molar-refractivity contribution in [2.45, 2.75) is 0 Å². The van der Waals surface area contributed by atoms with E-state index in [0.717, 1.165) is 0 Å². The minimum absolute atomic E-state index is 0.143. The topological polar surface area (TPSA) is 55.8 Å². The standard InChI is InChI=1S/C16H12O4/c1-19-12-5-6-13-14(9-12)20-15(16(13)18)8-10-3-2-4-11(17)7-10/h2-9,17H,1H3/b15-8-. The second-order valence-corrected chi connectivity index (χ2v) is 4.40. The molecule has 0 fully saturated rings. The number of Topliss-reactive ketones (excluding diaryl/α,β-unsaturated/α-hetero) is 1. The van der Waals surface area contributed by atoms with Crippen LogP contribution in [0.4, 0.5) is 0 Å². The first-order chi connectivity index (χ1) is 9.67. The fourth-order valence-electron chi connectivity index (χ4n) is 2.06. The van der Waals surface area contributed by atoms with E-state index in [1.54, 1.807) is 55.7 Å². The number of phenolic OH excluding ortho intramolecular Hbond substituents is 1. The zero-order valence-electron chi connectivity index (χ0n) is 10.8. The van der Waals surface area contributed by atoms with Gasteiger partial charge >= 0.3 is 0 Å². The maximum Gasteiger partial charge on any atom is 0.231 e. The van der Waals surface area contributed by atoms with Crippen molar-refractivity contribution in [2.75, 3.05) is 7.11 Å². The largest absolute Gasteiger partial charge is 0.508 e. The Balaban J connectivity index is 1.97. The summed E-state index contributed by atoms with van der Waals surface area (Å²) in [6, 6.07) is 11.7. The molecule has 1 aliphatic heterocycles. The van der Waals surface area contributed by atoms with Crippen LogP contribution in [0.1, 0.15) is 15.9 Å². The molecule has 0 amide bonds. The first-order valence-electron chi connectivity index (χ1n) is 6.09. The first-order valence-corrected chi connectivity index (χ1v) is 6.09. The predicted octanol–water partition coefficient (Wildman–Crippen LogP) is 3.02. The minimum atomic E-state index is -0.175. The monoisotopic (exact) mass is 268 g/mol. The molecule has 100 valence electrons. The van der Waals surface area contributed by atoms with Gasteiger partial charge in [-0.3, -0.25) is 4.79 Å². The van der Waals surface area contributed by atoms with Crippen molar-refractivity contribution in [1.29, 1.82) is 0 Å². The SMILES string of the molecule is COc1ccc2c(c1)O/C(=C\c1cccc(O)c1)C2=O. The van der Waals surface area contributed by atoms with Crippen LogP contribution in [-0.2, 0) is 0 Å². The van der Waals surface area contributed by atoms with Crippen LogP contribution in [0.25, 0.3) is 6.08 Å². The first kappa shape index (κ1) is 12.3. The molecule has 4 heteroatoms. The summed E-state index contributed by atoms with van der Waals surface area (Å²) in [4.78, 5) is 12.2. The number of methoxy groups -OCH3 is 1. The Morgan fingerprint density at radius 2 is 2.05 bits per heavy atom. The molecule has 1 heterocycles. The van der Waals surface area contributed by atoms with Crippen LogP contribution in [0.3, 0.4) is 0 Å². The van der Waals surface area contributed by atoms with Gasteiger partial charge in [-0.05, 0) is 35.9 Å². The van der Waals surface area contributed by atoms with Crippen molar-refractivity contribution < 1.29 is 19.4 Å². The van der Waals surface area contributed by atoms with Crippen molar-refractivity contribution in [1.82, 2.24) is 0 Å². The van der Waals surface area contributed by atoms with E-state index in [1.165, 1.54) is 0 Å². The molecule has 20 heavy (non-hydrogen) atoms. The van der Waals surface area contributed by atoms with E-state index in [9.17, 15) is 9.90 Å². The second-order valence-electron chi connectivity index (χ2n) is 4.40. The molecule has 0 aliphatic carbocycles. The lowest BCUT2D eigenvalue weighted by Crippen LogP contribution is -1.97. The molecule has 1 aliphatic rings. The van der Waals surface area contributed by atoms with Gasteiger partial charge in [0.05, 0.1) is 12.7 Å². The van der Waals surface area contributed by atoms with Crippen LogP contribution in [0.5, 0.6) is 17.2 Å². The Morgan fingerprint density at radius 1 is 1.20 bits per heavy atom. The Labute approximate surface area is 115 Å². The lowest BCUT2D eigenvalue weighted by atomic mass is 10.1. The van der Waals surface area contributed by atoms with Crippen LogP contribution in [0.15, 0.2) is 48.2 Å². The molecule has 1 N–H and O–H groups in total. The third-order valence-electron chi connectivity index (χ3n) is 3.05. The van der Waals surface area contributed by atoms with Crippen molar-refractivity contribution in [3.05, 3.63) is 59.4 Å². The molecule has 0 unspecified atom stereocenters. The maximum absolute atomic E-state index is 12.2. The minimum Gasteiger partial charge on any atom is -0.508 e. The van der Waals surface area contributed by atoms with Crippen molar-refractivity contribution in [2.24, 2.45) is 0 Å². The van der Waals surface area contributed by atoms with Gasteiger partial charge < -0.3 is 14.6 Å². The van der Waals surface area contributed by atoms with Crippen molar-refractivity contribution >= 4 is 11.9 Å². The van der Waals surface area contributed by atoms with Crippen LogP contribution in [0, 0.1) is 0 Å². The van der Waals surface area contributed by atoms with E-state index >= 15 is 0 Å². The molecule has 2 aromatic carbocycles. The summed E-state index contributed by atoms with van der Waals surface area (Å²) in [5, 5.41) is 9.42. The quantitative estimate of drug-likeness (QED) is 0.851. The van der Waals surface area contributed by atoms with E-state index < -0.39 is 0 Å². The molecular formula is C16H12O4. The lowest BCUT2D eigenvalue weighted by molar-refractivity contribution is 0.101. The number of aromatic hydroxyl groups is 1. The summed E-state index contributed by atoms with van der Waals surface area (Å²) >= 11 is 0. The predicted molar refractivity (Wildman–Crippen MR) is 74.0 cm³/mol. The van der Waals surface area contributed by atoms with Gasteiger partial charge in [0.15, 0.2) is 5.76 Å². The number of carbonyl (C=O) groups is 1. The van der Waals surface area contributed by atoms with Crippen molar-refractivity contribution in [3.63, 3.8) is 0 Å². The summed E-state index contributed by atoms with van der Waals surface area (Å²) in [6.07, 6.45) is 1.61.